The van der Waals surface area contributed by atoms with Gasteiger partial charge >= 0.3 is 5.97 Å². The number of hydrogen-bond acceptors (Lipinski definition) is 4. The van der Waals surface area contributed by atoms with E-state index in [4.69, 9.17) is 4.74 Å². The first-order valence-corrected chi connectivity index (χ1v) is 7.90. The van der Waals surface area contributed by atoms with Crippen LogP contribution in [-0.2, 0) is 10.5 Å². The fourth-order valence-electron chi connectivity index (χ4n) is 2.21. The van der Waals surface area contributed by atoms with Crippen molar-refractivity contribution in [2.24, 2.45) is 0 Å². The maximum atomic E-state index is 11.4. The van der Waals surface area contributed by atoms with Gasteiger partial charge in [-0.3, -0.25) is 4.98 Å². The van der Waals surface area contributed by atoms with E-state index in [-0.39, 0.29) is 5.97 Å². The lowest BCUT2D eigenvalue weighted by atomic mass is 10.1. The Kier molecular flexibility index (Phi) is 4.39. The molecule has 0 fully saturated rings. The Balaban J connectivity index is 1.75. The second-order valence-electron chi connectivity index (χ2n) is 4.81. The van der Waals surface area contributed by atoms with Crippen molar-refractivity contribution in [3.8, 4) is 0 Å². The molecule has 0 aliphatic carbocycles. The van der Waals surface area contributed by atoms with Crippen LogP contribution in [0, 0.1) is 0 Å². The molecule has 4 heteroatoms. The fraction of sp³-hybridized carbons (Fsp3) is 0.111. The SMILES string of the molecule is COC(=O)c1ccc(CSc2cccc3cccnc23)cc1. The van der Waals surface area contributed by atoms with Crippen LogP contribution in [0.2, 0.25) is 0 Å². The van der Waals surface area contributed by atoms with E-state index in [9.17, 15) is 4.79 Å². The van der Waals surface area contributed by atoms with Crippen LogP contribution in [0.3, 0.4) is 0 Å². The molecular weight excluding hydrogens is 294 g/mol. The Hall–Kier alpha value is -2.33. The highest BCUT2D eigenvalue weighted by molar-refractivity contribution is 7.98. The lowest BCUT2D eigenvalue weighted by Crippen LogP contribution is -2.00. The second-order valence-corrected chi connectivity index (χ2v) is 5.83. The van der Waals surface area contributed by atoms with Crippen molar-refractivity contribution in [2.75, 3.05) is 7.11 Å². The third-order valence-electron chi connectivity index (χ3n) is 3.37. The number of pyridine rings is 1. The Morgan fingerprint density at radius 1 is 1.09 bits per heavy atom. The van der Waals surface area contributed by atoms with Gasteiger partial charge in [-0.05, 0) is 29.8 Å². The Labute approximate surface area is 133 Å². The molecule has 3 rings (SSSR count). The molecule has 1 aromatic heterocycles. The minimum Gasteiger partial charge on any atom is -0.465 e. The molecule has 22 heavy (non-hydrogen) atoms. The summed E-state index contributed by atoms with van der Waals surface area (Å²) in [6.07, 6.45) is 1.82. The van der Waals surface area contributed by atoms with Crippen LogP contribution < -0.4 is 0 Å². The summed E-state index contributed by atoms with van der Waals surface area (Å²) in [6.45, 7) is 0. The van der Waals surface area contributed by atoms with Crippen molar-refractivity contribution in [1.29, 1.82) is 0 Å². The zero-order valence-electron chi connectivity index (χ0n) is 12.2. The van der Waals surface area contributed by atoms with E-state index in [1.54, 1.807) is 23.9 Å². The predicted octanol–water partition coefficient (Wildman–Crippen LogP) is 4.31. The molecule has 0 radical (unpaired) electrons. The molecule has 0 aliphatic rings. The monoisotopic (exact) mass is 309 g/mol. The summed E-state index contributed by atoms with van der Waals surface area (Å²) in [7, 11) is 1.39. The molecule has 3 aromatic rings. The van der Waals surface area contributed by atoms with Crippen molar-refractivity contribution >= 4 is 28.6 Å². The van der Waals surface area contributed by atoms with Gasteiger partial charge in [0.25, 0.3) is 0 Å². The number of ether oxygens (including phenoxy) is 1. The van der Waals surface area contributed by atoms with Gasteiger partial charge in [0.05, 0.1) is 18.2 Å². The van der Waals surface area contributed by atoms with Gasteiger partial charge in [0.2, 0.25) is 0 Å². The van der Waals surface area contributed by atoms with Gasteiger partial charge in [0, 0.05) is 22.2 Å². The zero-order valence-corrected chi connectivity index (χ0v) is 13.0. The van der Waals surface area contributed by atoms with Crippen molar-refractivity contribution in [3.05, 3.63) is 71.9 Å². The molecule has 0 atom stereocenters. The average molecular weight is 309 g/mol. The van der Waals surface area contributed by atoms with E-state index in [1.165, 1.54) is 7.11 Å². The Morgan fingerprint density at radius 2 is 1.86 bits per heavy atom. The number of thioether (sulfide) groups is 1. The molecule has 3 nitrogen and oxygen atoms in total. The van der Waals surface area contributed by atoms with Crippen LogP contribution in [0.25, 0.3) is 10.9 Å². The first kappa shape index (κ1) is 14.6. The third-order valence-corrected chi connectivity index (χ3v) is 4.48. The third kappa shape index (κ3) is 3.12. The Bertz CT molecular complexity index is 794. The summed E-state index contributed by atoms with van der Waals surface area (Å²) in [5, 5.41) is 1.15. The molecule has 0 saturated carbocycles. The summed E-state index contributed by atoms with van der Waals surface area (Å²) in [5.74, 6) is 0.523. The summed E-state index contributed by atoms with van der Waals surface area (Å²) >= 11 is 1.74. The molecule has 110 valence electrons. The summed E-state index contributed by atoms with van der Waals surface area (Å²) in [6, 6.07) is 17.7. The van der Waals surface area contributed by atoms with Gasteiger partial charge in [0.15, 0.2) is 0 Å². The van der Waals surface area contributed by atoms with Crippen LogP contribution in [-0.4, -0.2) is 18.1 Å². The second kappa shape index (κ2) is 6.62. The van der Waals surface area contributed by atoms with Gasteiger partial charge in [-0.15, -0.1) is 11.8 Å². The van der Waals surface area contributed by atoms with Crippen LogP contribution >= 0.6 is 11.8 Å². The summed E-state index contributed by atoms with van der Waals surface area (Å²) < 4.78 is 4.70. The normalized spacial score (nSPS) is 10.6. The maximum absolute atomic E-state index is 11.4. The molecule has 0 amide bonds. The molecule has 2 aromatic carbocycles. The number of methoxy groups -OCH3 is 1. The van der Waals surface area contributed by atoms with Crippen molar-refractivity contribution in [1.82, 2.24) is 4.98 Å². The van der Waals surface area contributed by atoms with E-state index < -0.39 is 0 Å². The smallest absolute Gasteiger partial charge is 0.337 e. The minimum atomic E-state index is -0.308. The van der Waals surface area contributed by atoms with Gasteiger partial charge in [-0.25, -0.2) is 4.79 Å². The van der Waals surface area contributed by atoms with E-state index in [0.29, 0.717) is 5.56 Å². The largest absolute Gasteiger partial charge is 0.465 e. The van der Waals surface area contributed by atoms with E-state index in [1.807, 2.05) is 30.5 Å². The maximum Gasteiger partial charge on any atom is 0.337 e. The van der Waals surface area contributed by atoms with Crippen LogP contribution in [0.4, 0.5) is 0 Å². The lowest BCUT2D eigenvalue weighted by molar-refractivity contribution is 0.0600. The average Bonchev–Trinajstić information content (AvgIpc) is 2.59. The molecule has 0 unspecified atom stereocenters. The molecule has 0 spiro atoms. The minimum absolute atomic E-state index is 0.308. The molecule has 0 aliphatic heterocycles. The topological polar surface area (TPSA) is 39.2 Å². The van der Waals surface area contributed by atoms with Gasteiger partial charge in [-0.1, -0.05) is 30.3 Å². The van der Waals surface area contributed by atoms with Crippen molar-refractivity contribution < 1.29 is 9.53 Å². The number of carbonyl (C=O) groups excluding carboxylic acids is 1. The van der Waals surface area contributed by atoms with Crippen LogP contribution in [0.15, 0.2) is 65.7 Å². The number of rotatable bonds is 4. The number of esters is 1. The molecule has 0 saturated heterocycles. The number of para-hydroxylation sites is 1. The standard InChI is InChI=1S/C18H15NO2S/c1-21-18(20)15-9-7-13(8-10-15)12-22-16-6-2-4-14-5-3-11-19-17(14)16/h2-11H,12H2,1H3. The van der Waals surface area contributed by atoms with E-state index in [2.05, 4.69) is 23.2 Å². The molecule has 0 bridgehead atoms. The first-order valence-electron chi connectivity index (χ1n) is 6.92. The Morgan fingerprint density at radius 3 is 2.64 bits per heavy atom. The number of carbonyl (C=O) groups is 1. The van der Waals surface area contributed by atoms with E-state index in [0.717, 1.165) is 27.1 Å². The van der Waals surface area contributed by atoms with Crippen molar-refractivity contribution in [2.45, 2.75) is 10.6 Å². The van der Waals surface area contributed by atoms with Gasteiger partial charge < -0.3 is 4.74 Å². The highest BCUT2D eigenvalue weighted by Crippen LogP contribution is 2.28. The summed E-state index contributed by atoms with van der Waals surface area (Å²) in [5.41, 5.74) is 2.76. The molecule has 0 N–H and O–H groups in total. The number of nitrogens with zero attached hydrogens (tertiary/aromatic N) is 1. The highest BCUT2D eigenvalue weighted by Gasteiger charge is 2.06. The first-order chi connectivity index (χ1) is 10.8. The lowest BCUT2D eigenvalue weighted by Gasteiger charge is -2.06. The fourth-order valence-corrected chi connectivity index (χ4v) is 3.21. The number of fused-ring (bicyclic) bond motifs is 1. The van der Waals surface area contributed by atoms with E-state index >= 15 is 0 Å². The highest BCUT2D eigenvalue weighted by atomic mass is 32.2. The van der Waals surface area contributed by atoms with Gasteiger partial charge in [0.1, 0.15) is 0 Å². The summed E-state index contributed by atoms with van der Waals surface area (Å²) in [4.78, 5) is 17.0. The zero-order chi connectivity index (χ0) is 15.4. The van der Waals surface area contributed by atoms with Crippen LogP contribution in [0.5, 0.6) is 0 Å². The quantitative estimate of drug-likeness (QED) is 0.531. The number of aromatic nitrogens is 1. The molecule has 1 heterocycles. The van der Waals surface area contributed by atoms with Crippen molar-refractivity contribution in [3.63, 3.8) is 0 Å². The number of hydrogen-bond donors (Lipinski definition) is 0. The van der Waals surface area contributed by atoms with Gasteiger partial charge in [-0.2, -0.15) is 0 Å². The molecular formula is C18H15NO2S. The van der Waals surface area contributed by atoms with Crippen LogP contribution in [0.1, 0.15) is 15.9 Å². The predicted molar refractivity (Wildman–Crippen MR) is 89.1 cm³/mol. The number of benzene rings is 2.